The number of benzene rings is 1. The number of ether oxygens (including phenoxy) is 1. The van der Waals surface area contributed by atoms with Crippen LogP contribution in [-0.2, 0) is 16.6 Å². The fourth-order valence-corrected chi connectivity index (χ4v) is 3.64. The molecule has 1 unspecified atom stereocenters. The van der Waals surface area contributed by atoms with Crippen molar-refractivity contribution in [1.82, 2.24) is 20.2 Å². The predicted octanol–water partition coefficient (Wildman–Crippen LogP) is 2.65. The number of carbonyl (C=O) groups excluding carboxylic acids is 2. The molecule has 7 nitrogen and oxygen atoms in total. The third kappa shape index (κ3) is 3.86. The van der Waals surface area contributed by atoms with Gasteiger partial charge in [-0.15, -0.1) is 0 Å². The number of amides is 2. The Morgan fingerprint density at radius 1 is 1.38 bits per heavy atom. The van der Waals surface area contributed by atoms with Crippen molar-refractivity contribution in [1.29, 1.82) is 0 Å². The topological polar surface area (TPSA) is 85.2 Å². The molecule has 2 N–H and O–H groups in total. The van der Waals surface area contributed by atoms with Crippen LogP contribution < -0.4 is 10.6 Å². The maximum Gasteiger partial charge on any atom is 0.338 e. The molecule has 1 aliphatic heterocycles. The Labute approximate surface area is 159 Å². The Balaban J connectivity index is 1.97. The Morgan fingerprint density at radius 3 is 2.73 bits per heavy atom. The van der Waals surface area contributed by atoms with E-state index in [1.165, 1.54) is 18.9 Å². The summed E-state index contributed by atoms with van der Waals surface area (Å²) in [6.07, 6.45) is 3.52. The van der Waals surface area contributed by atoms with Crippen molar-refractivity contribution in [2.75, 3.05) is 12.9 Å². The molecule has 26 heavy (non-hydrogen) atoms. The molecule has 1 aliphatic rings. The maximum absolute atomic E-state index is 12.4. The summed E-state index contributed by atoms with van der Waals surface area (Å²) >= 11 is 7.36. The third-order valence-corrected chi connectivity index (χ3v) is 5.22. The molecule has 2 aromatic rings. The highest BCUT2D eigenvalue weighted by Crippen LogP contribution is 2.30. The molecule has 0 aliphatic carbocycles. The molecule has 136 valence electrons. The summed E-state index contributed by atoms with van der Waals surface area (Å²) in [4.78, 5) is 28.8. The van der Waals surface area contributed by atoms with Gasteiger partial charge in [-0.3, -0.25) is 0 Å². The zero-order valence-electron chi connectivity index (χ0n) is 14.2. The first kappa shape index (κ1) is 18.3. The minimum Gasteiger partial charge on any atom is -0.466 e. The molecule has 0 fully saturated rings. The number of rotatable bonds is 5. The maximum atomic E-state index is 12.4. The number of aromatic nitrogens is 2. The first-order valence-electron chi connectivity index (χ1n) is 7.74. The first-order valence-corrected chi connectivity index (χ1v) is 9.10. The normalized spacial score (nSPS) is 16.9. The average molecular weight is 393 g/mol. The molecule has 2 amide bonds. The fraction of sp³-hybridized carbons (Fsp3) is 0.235. The molecular weight excluding hydrogens is 376 g/mol. The molecule has 3 rings (SSSR count). The smallest absolute Gasteiger partial charge is 0.338 e. The Kier molecular flexibility index (Phi) is 5.53. The van der Waals surface area contributed by atoms with E-state index in [0.717, 1.165) is 10.7 Å². The Morgan fingerprint density at radius 2 is 2.12 bits per heavy atom. The van der Waals surface area contributed by atoms with Crippen LogP contribution in [0.25, 0.3) is 0 Å². The lowest BCUT2D eigenvalue weighted by Crippen LogP contribution is -2.46. The lowest BCUT2D eigenvalue weighted by Gasteiger charge is -2.29. The van der Waals surface area contributed by atoms with Crippen LogP contribution in [0, 0.1) is 0 Å². The summed E-state index contributed by atoms with van der Waals surface area (Å²) in [5.74, 6) is -0.139. The number of nitrogens with zero attached hydrogens (tertiary/aromatic N) is 2. The zero-order valence-corrected chi connectivity index (χ0v) is 15.7. The number of esters is 1. The summed E-state index contributed by atoms with van der Waals surface area (Å²) in [5.41, 5.74) is 1.59. The van der Waals surface area contributed by atoms with Crippen LogP contribution in [0.1, 0.15) is 11.6 Å². The minimum atomic E-state index is -0.620. The van der Waals surface area contributed by atoms with Gasteiger partial charge in [-0.05, 0) is 17.7 Å². The van der Waals surface area contributed by atoms with Crippen molar-refractivity contribution in [3.63, 3.8) is 0 Å². The van der Waals surface area contributed by atoms with Crippen molar-refractivity contribution in [2.45, 2.75) is 11.2 Å². The average Bonchev–Trinajstić information content (AvgIpc) is 3.04. The first-order chi connectivity index (χ1) is 12.5. The molecule has 9 heteroatoms. The van der Waals surface area contributed by atoms with Gasteiger partial charge in [0, 0.05) is 35.9 Å². The van der Waals surface area contributed by atoms with E-state index in [2.05, 4.69) is 15.6 Å². The summed E-state index contributed by atoms with van der Waals surface area (Å²) < 4.78 is 6.81. The Hall–Kier alpha value is -2.45. The molecule has 0 radical (unpaired) electrons. The number of urea groups is 1. The number of imidazole rings is 1. The largest absolute Gasteiger partial charge is 0.466 e. The summed E-state index contributed by atoms with van der Waals surface area (Å²) in [6, 6.07) is 5.96. The lowest BCUT2D eigenvalue weighted by molar-refractivity contribution is -0.136. The number of hydrogen-bond donors (Lipinski definition) is 2. The second-order valence-corrected chi connectivity index (χ2v) is 6.96. The van der Waals surface area contributed by atoms with E-state index in [0.29, 0.717) is 22.0 Å². The summed E-state index contributed by atoms with van der Waals surface area (Å²) in [5, 5.41) is 6.84. The SMILES string of the molecule is COC(=O)C1=C(CSc2nccn2C)NC(=O)NC1c1ccc(Cl)cc1. The predicted molar refractivity (Wildman–Crippen MR) is 98.8 cm³/mol. The van der Waals surface area contributed by atoms with Gasteiger partial charge in [0.25, 0.3) is 0 Å². The van der Waals surface area contributed by atoms with Gasteiger partial charge in [0.1, 0.15) is 0 Å². The molecule has 0 spiro atoms. The van der Waals surface area contributed by atoms with Crippen LogP contribution in [0.2, 0.25) is 5.02 Å². The lowest BCUT2D eigenvalue weighted by atomic mass is 9.95. The van der Waals surface area contributed by atoms with Gasteiger partial charge < -0.3 is 19.9 Å². The molecule has 0 saturated heterocycles. The number of carbonyl (C=O) groups is 2. The highest BCUT2D eigenvalue weighted by Gasteiger charge is 2.33. The molecule has 0 bridgehead atoms. The van der Waals surface area contributed by atoms with Gasteiger partial charge in [-0.2, -0.15) is 0 Å². The molecule has 0 saturated carbocycles. The minimum absolute atomic E-state index is 0.358. The number of aryl methyl sites for hydroxylation is 1. The number of methoxy groups -OCH3 is 1. The van der Waals surface area contributed by atoms with Gasteiger partial charge in [0.2, 0.25) is 0 Å². The van der Waals surface area contributed by atoms with Gasteiger partial charge in [0.15, 0.2) is 5.16 Å². The monoisotopic (exact) mass is 392 g/mol. The van der Waals surface area contributed by atoms with E-state index in [1.54, 1.807) is 30.5 Å². The van der Waals surface area contributed by atoms with Crippen LogP contribution in [-0.4, -0.2) is 34.4 Å². The van der Waals surface area contributed by atoms with Crippen LogP contribution in [0.4, 0.5) is 4.79 Å². The molecule has 1 aromatic heterocycles. The van der Waals surface area contributed by atoms with Crippen molar-refractivity contribution in [3.8, 4) is 0 Å². The van der Waals surface area contributed by atoms with E-state index in [-0.39, 0.29) is 6.03 Å². The van der Waals surface area contributed by atoms with E-state index in [1.807, 2.05) is 17.8 Å². The third-order valence-electron chi connectivity index (χ3n) is 3.88. The summed E-state index contributed by atoms with van der Waals surface area (Å²) in [7, 11) is 3.19. The number of hydrogen-bond acceptors (Lipinski definition) is 5. The Bertz CT molecular complexity index is 863. The van der Waals surface area contributed by atoms with Crippen molar-refractivity contribution < 1.29 is 14.3 Å². The fourth-order valence-electron chi connectivity index (χ4n) is 2.62. The number of nitrogens with one attached hydrogen (secondary N) is 2. The second kappa shape index (κ2) is 7.84. The highest BCUT2D eigenvalue weighted by molar-refractivity contribution is 7.99. The van der Waals surface area contributed by atoms with Crippen molar-refractivity contribution in [2.24, 2.45) is 7.05 Å². The summed E-state index contributed by atoms with van der Waals surface area (Å²) in [6.45, 7) is 0. The van der Waals surface area contributed by atoms with E-state index < -0.39 is 12.0 Å². The quantitative estimate of drug-likeness (QED) is 0.603. The van der Waals surface area contributed by atoms with Gasteiger partial charge in [-0.25, -0.2) is 14.6 Å². The van der Waals surface area contributed by atoms with Crippen molar-refractivity contribution >= 4 is 35.4 Å². The number of halogens is 1. The molecule has 2 heterocycles. The standard InChI is InChI=1S/C17H17ClN4O3S/c1-22-8-7-19-17(22)26-9-12-13(15(23)25-2)14(21-16(24)20-12)10-3-5-11(18)6-4-10/h3-8,14H,9H2,1-2H3,(H2,20,21,24). The highest BCUT2D eigenvalue weighted by atomic mass is 35.5. The van der Waals surface area contributed by atoms with Gasteiger partial charge in [-0.1, -0.05) is 35.5 Å². The molecular formula is C17H17ClN4O3S. The van der Waals surface area contributed by atoms with Gasteiger partial charge in [0.05, 0.1) is 18.7 Å². The van der Waals surface area contributed by atoms with Crippen LogP contribution >= 0.6 is 23.4 Å². The van der Waals surface area contributed by atoms with Gasteiger partial charge >= 0.3 is 12.0 Å². The number of thioether (sulfide) groups is 1. The zero-order chi connectivity index (χ0) is 18.7. The van der Waals surface area contributed by atoms with E-state index in [4.69, 9.17) is 16.3 Å². The molecule has 1 aromatic carbocycles. The van der Waals surface area contributed by atoms with E-state index >= 15 is 0 Å². The van der Waals surface area contributed by atoms with Crippen LogP contribution in [0.3, 0.4) is 0 Å². The van der Waals surface area contributed by atoms with Crippen LogP contribution in [0.15, 0.2) is 53.1 Å². The van der Waals surface area contributed by atoms with Crippen LogP contribution in [0.5, 0.6) is 0 Å². The van der Waals surface area contributed by atoms with E-state index in [9.17, 15) is 9.59 Å². The van der Waals surface area contributed by atoms with Crippen molar-refractivity contribution in [3.05, 3.63) is 58.5 Å². The molecule has 1 atom stereocenters. The second-order valence-electron chi connectivity index (χ2n) is 5.58.